The minimum Gasteiger partial charge on any atom is -0.310 e. The van der Waals surface area contributed by atoms with Gasteiger partial charge in [-0.05, 0) is 226 Å². The molecule has 1 aromatic heterocycles. The number of nitrogens with zero attached hydrogens (tertiary/aromatic N) is 3. The molecule has 2 aliphatic rings. The van der Waals surface area contributed by atoms with Gasteiger partial charge in [0.25, 0.3) is 6.71 Å². The Kier molecular flexibility index (Phi) is 12.5. The molecule has 0 spiro atoms. The lowest BCUT2D eigenvalue weighted by atomic mass is 9.33. The quantitative estimate of drug-likeness (QED) is 0.133. The molecule has 0 radical (unpaired) electrons. The second-order valence-electron chi connectivity index (χ2n) is 41.1. The zero-order valence-electron chi connectivity index (χ0n) is 104. The highest BCUT2D eigenvalue weighted by Gasteiger charge is 2.47. The maximum atomic E-state index is 11.8. The van der Waals surface area contributed by atoms with E-state index in [9.17, 15) is 41.1 Å². The van der Waals surface area contributed by atoms with Crippen LogP contribution in [0, 0.1) is 0 Å². The van der Waals surface area contributed by atoms with Gasteiger partial charge in [0.05, 0.1) is 64.9 Å². The third-order valence-corrected chi connectivity index (χ3v) is 22.5. The minimum atomic E-state index is -1.53. The molecular formula is C114H124BN3. The highest BCUT2D eigenvalue weighted by molar-refractivity contribution is 7.00. The summed E-state index contributed by atoms with van der Waals surface area (Å²) in [7, 11) is 0. The first-order valence-electron chi connectivity index (χ1n) is 56.3. The topological polar surface area (TPSA) is 11.4 Å². The van der Waals surface area contributed by atoms with Gasteiger partial charge in [-0.1, -0.05) is 380 Å². The van der Waals surface area contributed by atoms with Gasteiger partial charge in [-0.2, -0.15) is 0 Å². The summed E-state index contributed by atoms with van der Waals surface area (Å²) in [5.41, 5.74) is -13.7. The lowest BCUT2D eigenvalue weighted by Crippen LogP contribution is -2.61. The first kappa shape index (κ1) is 51.6. The largest absolute Gasteiger partial charge is 0.310 e. The van der Waals surface area contributed by atoms with Crippen molar-refractivity contribution in [3.8, 4) is 72.4 Å². The van der Waals surface area contributed by atoms with E-state index in [4.69, 9.17) is 1.37 Å². The third kappa shape index (κ3) is 14.7. The van der Waals surface area contributed by atoms with Crippen molar-refractivity contribution in [3.63, 3.8) is 0 Å². The van der Waals surface area contributed by atoms with Crippen molar-refractivity contribution >= 4 is 79.0 Å². The van der Waals surface area contributed by atoms with Crippen molar-refractivity contribution in [2.75, 3.05) is 9.80 Å². The Morgan fingerprint density at radius 2 is 0.661 bits per heavy atom. The molecule has 0 saturated heterocycles. The summed E-state index contributed by atoms with van der Waals surface area (Å²) in [5, 5.41) is -0.673. The Morgan fingerprint density at radius 3 is 1.10 bits per heavy atom. The molecule has 118 heavy (non-hydrogen) atoms. The number of hydrogen-bond donors (Lipinski definition) is 0. The van der Waals surface area contributed by atoms with E-state index in [-0.39, 0.29) is 173 Å². The van der Waals surface area contributed by atoms with Gasteiger partial charge in [-0.15, -0.1) is 0 Å². The van der Waals surface area contributed by atoms with E-state index < -0.39 is 253 Å². The van der Waals surface area contributed by atoms with E-state index in [0.29, 0.717) is 5.56 Å². The molecule has 0 amide bonds. The summed E-state index contributed by atoms with van der Waals surface area (Å²) in [6.07, 6.45) is 0. The monoisotopic (exact) mass is 1580 g/mol. The van der Waals surface area contributed by atoms with Crippen LogP contribution < -0.4 is 26.2 Å². The van der Waals surface area contributed by atoms with Crippen LogP contribution in [0.25, 0.3) is 94.3 Å². The van der Waals surface area contributed by atoms with Crippen LogP contribution in [-0.4, -0.2) is 11.3 Å². The molecule has 0 atom stereocenters. The molecule has 13 aromatic carbocycles. The smallest absolute Gasteiger partial charge is 0.252 e. The van der Waals surface area contributed by atoms with Gasteiger partial charge in [0.2, 0.25) is 0 Å². The molecule has 0 bridgehead atoms. The van der Waals surface area contributed by atoms with Gasteiger partial charge in [-0.3, -0.25) is 0 Å². The van der Waals surface area contributed by atoms with Crippen LogP contribution in [0.1, 0.15) is 280 Å². The van der Waals surface area contributed by atoms with Crippen molar-refractivity contribution < 1.29 is 42.5 Å². The van der Waals surface area contributed by atoms with Crippen molar-refractivity contribution in [2.24, 2.45) is 0 Å². The van der Waals surface area contributed by atoms with Gasteiger partial charge in [-0.25, -0.2) is 0 Å². The first-order valence-corrected chi connectivity index (χ1v) is 40.8. The summed E-state index contributed by atoms with van der Waals surface area (Å²) in [6, 6.07) is 1.54. The second-order valence-corrected chi connectivity index (χ2v) is 41.1. The molecule has 598 valence electrons. The average molecular weight is 1580 g/mol. The van der Waals surface area contributed by atoms with Crippen LogP contribution >= 0.6 is 0 Å². The predicted octanol–water partition coefficient (Wildman–Crippen LogP) is 30.5. The number of aromatic nitrogens is 1. The Labute approximate surface area is 751 Å². The van der Waals surface area contributed by atoms with E-state index in [2.05, 4.69) is 0 Å². The molecule has 0 saturated carbocycles. The fourth-order valence-electron chi connectivity index (χ4n) is 15.8. The Balaban J connectivity index is 1.33. The summed E-state index contributed by atoms with van der Waals surface area (Å²) in [6.45, 7) is 46.9. The number of anilines is 6. The van der Waals surface area contributed by atoms with Crippen LogP contribution in [0.5, 0.6) is 0 Å². The van der Waals surface area contributed by atoms with Crippen molar-refractivity contribution in [2.45, 2.75) is 236 Å². The molecule has 3 nitrogen and oxygen atoms in total. The van der Waals surface area contributed by atoms with Gasteiger partial charge < -0.3 is 14.4 Å². The SMILES string of the molecule is [2H]c1c([2H])c([2H])c(-c2ccc3c(c2)B2c4ccc(-n5c6c([2H])c([2H])c([2H])c([2H])c6c6c([2H])c([2H])c([2H])c([2H])c65)cc4N(c4c(-c5c([2H])c([2H])c(C(C)(C)C)c([2H])c5[2H])c([2H])c(C(C)(C)C)c([2H])c4-c4c([2H])c([2H])c(C(C)(C)C)c([2H])c4C(C)(C)C)c4cc(-c5cccc(C(C)(C)C)c5)cc(c42)N3c2c(-c3c([2H])c([2H])c(C(C)(C)C)c([2H])c3[2H])c([2H])c(C(C)(C)C)c([2H])c2-c2c([2H])c([2H])c(C(C)(C)C)c([2H])c2C(C)(C)C)c([2H])c1[2H]. The predicted molar refractivity (Wildman–Crippen MR) is 516 cm³/mol. The van der Waals surface area contributed by atoms with Crippen LogP contribution in [0.2, 0.25) is 0 Å². The van der Waals surface area contributed by atoms with Crippen LogP contribution in [0.3, 0.4) is 0 Å². The van der Waals surface area contributed by atoms with Gasteiger partial charge in [0.1, 0.15) is 0 Å². The van der Waals surface area contributed by atoms with Gasteiger partial charge >= 0.3 is 0 Å². The Hall–Kier alpha value is -10.7. The second kappa shape index (κ2) is 28.5. The molecule has 0 aliphatic carbocycles. The number of fused-ring (bicyclic) bond motifs is 7. The molecule has 0 N–H and O–H groups in total. The average Bonchev–Trinajstić information content (AvgIpc) is 0.831. The summed E-state index contributed by atoms with van der Waals surface area (Å²) in [4.78, 5) is 3.26. The van der Waals surface area contributed by atoms with Crippen molar-refractivity contribution in [3.05, 3.63) is 310 Å². The number of rotatable bonds is 9. The maximum Gasteiger partial charge on any atom is 0.252 e. The minimum absolute atomic E-state index is 0.00192. The molecule has 3 heterocycles. The molecule has 0 fully saturated rings. The molecule has 4 heteroatoms. The zero-order chi connectivity index (χ0) is 111. The molecule has 16 rings (SSSR count). The lowest BCUT2D eigenvalue weighted by molar-refractivity contribution is 0.569. The maximum absolute atomic E-state index is 11.8. The molecule has 0 unspecified atom stereocenters. The van der Waals surface area contributed by atoms with Crippen LogP contribution in [-0.2, 0) is 48.7 Å². The fraction of sp³-hybridized carbons (Fsp3) is 0.316. The normalized spacial score (nSPS) is 17.3. The third-order valence-electron chi connectivity index (χ3n) is 22.5. The number of hydrogen-bond acceptors (Lipinski definition) is 2. The zero-order valence-corrected chi connectivity index (χ0v) is 73.3. The first-order chi connectivity index (χ1) is 68.2. The van der Waals surface area contributed by atoms with E-state index in [1.54, 1.807) is 171 Å². The van der Waals surface area contributed by atoms with E-state index >= 15 is 0 Å². The molecule has 14 aromatic rings. The summed E-state index contributed by atoms with van der Waals surface area (Å²) >= 11 is 0. The van der Waals surface area contributed by atoms with Crippen molar-refractivity contribution in [1.29, 1.82) is 0 Å². The number of benzene rings is 13. The fourth-order valence-corrected chi connectivity index (χ4v) is 15.8. The summed E-state index contributed by atoms with van der Waals surface area (Å²) in [5.74, 6) is 0. The van der Waals surface area contributed by atoms with Crippen LogP contribution in [0.4, 0.5) is 34.1 Å². The molecular weight excluding hydrogens is 1420 g/mol. The van der Waals surface area contributed by atoms with Crippen LogP contribution in [0.15, 0.2) is 260 Å². The summed E-state index contributed by atoms with van der Waals surface area (Å²) < 4.78 is 324. The van der Waals surface area contributed by atoms with E-state index in [0.717, 1.165) is 5.56 Å². The van der Waals surface area contributed by atoms with Gasteiger partial charge in [0.15, 0.2) is 0 Å². The Morgan fingerprint density at radius 1 is 0.254 bits per heavy atom. The number of para-hydroxylation sites is 2. The Bertz CT molecular complexity index is 8100. The highest BCUT2D eigenvalue weighted by Crippen LogP contribution is 2.58. The van der Waals surface area contributed by atoms with Crippen molar-refractivity contribution in [1.82, 2.24) is 4.57 Å². The highest BCUT2D eigenvalue weighted by atomic mass is 15.2. The van der Waals surface area contributed by atoms with E-state index in [1.807, 2.05) is 86.6 Å². The molecule has 2 aliphatic heterocycles. The van der Waals surface area contributed by atoms with Gasteiger partial charge in [0, 0.05) is 61.5 Å². The van der Waals surface area contributed by atoms with E-state index in [1.165, 1.54) is 16.7 Å². The lowest BCUT2D eigenvalue weighted by Gasteiger charge is -2.46. The standard InChI is InChI=1S/C114H124BN3/c1-106(2,3)77-49-44-72(45-50-77)89-64-82(111(16,17)18)66-91(85-56-53-80(109(10,11)12)68-93(85)113(22,23)24)104(89)117-99-59-48-75(71-36-29-28-30-37-71)61-96(99)115-95-58-55-84(116-97-42-33-31-40-87(97)88-41-32-34-43-98(88)116)70-100(95)118(102-63-76(62-101(117)103(102)115)74-38-35-39-79(60-74)108(7,8)9)105-90(73-46-51-78(52-47-73)107(4,5)6)65-83(112(19,20)21)67-92(105)86-57-54-81(110(13,14)15)69-94(86)114(25,26)27/h28-70H,1-27H3/i28D,29D,30D,31D,32D,33D,34D,36D,37D,40D,41D,42D,43D,44D,45D,46D,47D,49D,50D,51D,52D,53D,54D,56D,57D,64D,65D,66D,67D,68D,69D.